The van der Waals surface area contributed by atoms with Gasteiger partial charge in [-0.25, -0.2) is 0 Å². The first-order valence-corrected chi connectivity index (χ1v) is 14.1. The lowest BCUT2D eigenvalue weighted by Gasteiger charge is -2.08. The summed E-state index contributed by atoms with van der Waals surface area (Å²) in [6.07, 6.45) is 13.5. The normalized spacial score (nSPS) is 12.1. The zero-order valence-corrected chi connectivity index (χ0v) is 22.6. The molecule has 0 saturated heterocycles. The summed E-state index contributed by atoms with van der Waals surface area (Å²) in [5, 5.41) is 6.69. The Labute approximate surface area is 218 Å². The van der Waals surface area contributed by atoms with E-state index in [9.17, 15) is 0 Å². The number of hydrogen-bond acceptors (Lipinski definition) is 0. The van der Waals surface area contributed by atoms with Crippen LogP contribution in [0.4, 0.5) is 0 Å². The SMILES string of the molecule is CCCCCCCCCCCCn1c2cc(Cl)ccc2c2cc3c(cc21)c1ccc(Cl)cc1n3C. The number of benzene rings is 3. The second-order valence-electron chi connectivity index (χ2n) is 10.1. The van der Waals surface area contributed by atoms with Crippen LogP contribution in [-0.2, 0) is 13.6 Å². The Balaban J connectivity index is 1.41. The van der Waals surface area contributed by atoms with E-state index < -0.39 is 0 Å². The third kappa shape index (κ3) is 4.93. The second kappa shape index (κ2) is 10.8. The maximum absolute atomic E-state index is 6.45. The number of hydrogen-bond donors (Lipinski definition) is 0. The highest BCUT2D eigenvalue weighted by Crippen LogP contribution is 2.38. The molecule has 184 valence electrons. The molecule has 0 amide bonds. The number of halogens is 2. The van der Waals surface area contributed by atoms with E-state index >= 15 is 0 Å². The molecule has 35 heavy (non-hydrogen) atoms. The van der Waals surface area contributed by atoms with Gasteiger partial charge >= 0.3 is 0 Å². The van der Waals surface area contributed by atoms with Gasteiger partial charge in [0.2, 0.25) is 0 Å². The van der Waals surface area contributed by atoms with Gasteiger partial charge in [-0.05, 0) is 42.8 Å². The van der Waals surface area contributed by atoms with E-state index in [0.29, 0.717) is 0 Å². The van der Waals surface area contributed by atoms with Crippen molar-refractivity contribution in [2.24, 2.45) is 7.05 Å². The fourth-order valence-electron chi connectivity index (χ4n) is 5.73. The molecule has 0 N–H and O–H groups in total. The van der Waals surface area contributed by atoms with E-state index in [1.807, 2.05) is 12.1 Å². The van der Waals surface area contributed by atoms with Crippen LogP contribution < -0.4 is 0 Å². The Morgan fingerprint density at radius 2 is 1.00 bits per heavy atom. The summed E-state index contributed by atoms with van der Waals surface area (Å²) < 4.78 is 4.76. The lowest BCUT2D eigenvalue weighted by molar-refractivity contribution is 0.541. The summed E-state index contributed by atoms with van der Waals surface area (Å²) in [5.41, 5.74) is 4.95. The number of aromatic nitrogens is 2. The van der Waals surface area contributed by atoms with E-state index in [1.165, 1.54) is 108 Å². The predicted octanol–water partition coefficient (Wildman–Crippen LogP) is 10.7. The summed E-state index contributed by atoms with van der Waals surface area (Å²) in [6.45, 7) is 3.31. The van der Waals surface area contributed by atoms with Gasteiger partial charge in [0, 0.05) is 56.2 Å². The summed E-state index contributed by atoms with van der Waals surface area (Å²) >= 11 is 12.8. The van der Waals surface area contributed by atoms with E-state index in [1.54, 1.807) is 0 Å². The van der Waals surface area contributed by atoms with Crippen molar-refractivity contribution in [2.75, 3.05) is 0 Å². The Kier molecular flexibility index (Phi) is 7.60. The molecule has 0 unspecified atom stereocenters. The topological polar surface area (TPSA) is 9.86 Å². The van der Waals surface area contributed by atoms with Gasteiger partial charge in [-0.3, -0.25) is 0 Å². The predicted molar refractivity (Wildman–Crippen MR) is 155 cm³/mol. The van der Waals surface area contributed by atoms with Gasteiger partial charge in [-0.1, -0.05) is 100 Å². The zero-order chi connectivity index (χ0) is 24.4. The Hall–Kier alpha value is -2.16. The van der Waals surface area contributed by atoms with Crippen LogP contribution in [0, 0.1) is 0 Å². The van der Waals surface area contributed by atoms with E-state index in [0.717, 1.165) is 16.6 Å². The lowest BCUT2D eigenvalue weighted by Crippen LogP contribution is -1.98. The van der Waals surface area contributed by atoms with Crippen LogP contribution in [0.2, 0.25) is 10.0 Å². The number of fused-ring (bicyclic) bond motifs is 6. The van der Waals surface area contributed by atoms with Crippen molar-refractivity contribution in [3.63, 3.8) is 0 Å². The molecule has 0 aliphatic rings. The number of aryl methyl sites for hydroxylation is 2. The molecular weight excluding hydrogens is 471 g/mol. The van der Waals surface area contributed by atoms with Crippen molar-refractivity contribution in [1.29, 1.82) is 0 Å². The van der Waals surface area contributed by atoms with Crippen LogP contribution in [-0.4, -0.2) is 9.13 Å². The fraction of sp³-hybridized carbons (Fsp3) is 0.419. The molecule has 0 radical (unpaired) electrons. The first-order valence-electron chi connectivity index (χ1n) is 13.4. The Bertz CT molecular complexity index is 1470. The summed E-state index contributed by atoms with van der Waals surface area (Å²) in [4.78, 5) is 0. The van der Waals surface area contributed by atoms with Crippen molar-refractivity contribution < 1.29 is 0 Å². The average molecular weight is 508 g/mol. The van der Waals surface area contributed by atoms with E-state index in [2.05, 4.69) is 59.5 Å². The molecule has 4 heteroatoms. The van der Waals surface area contributed by atoms with Crippen molar-refractivity contribution in [3.05, 3.63) is 58.6 Å². The van der Waals surface area contributed by atoms with Crippen LogP contribution in [0.15, 0.2) is 48.5 Å². The monoisotopic (exact) mass is 506 g/mol. The summed E-state index contributed by atoms with van der Waals surface area (Å²) in [5.74, 6) is 0. The Morgan fingerprint density at radius 1 is 0.543 bits per heavy atom. The second-order valence-corrected chi connectivity index (χ2v) is 11.0. The molecule has 0 atom stereocenters. The largest absolute Gasteiger partial charge is 0.344 e. The van der Waals surface area contributed by atoms with Gasteiger partial charge < -0.3 is 9.13 Å². The van der Waals surface area contributed by atoms with Gasteiger partial charge in [-0.2, -0.15) is 0 Å². The van der Waals surface area contributed by atoms with Crippen LogP contribution in [0.5, 0.6) is 0 Å². The quantitative estimate of drug-likeness (QED) is 0.157. The molecule has 0 aliphatic carbocycles. The summed E-state index contributed by atoms with van der Waals surface area (Å²) in [7, 11) is 2.13. The summed E-state index contributed by atoms with van der Waals surface area (Å²) in [6, 6.07) is 17.3. The van der Waals surface area contributed by atoms with Crippen molar-refractivity contribution in [2.45, 2.75) is 77.7 Å². The van der Waals surface area contributed by atoms with Gasteiger partial charge in [0.25, 0.3) is 0 Å². The minimum Gasteiger partial charge on any atom is -0.344 e. The number of unbranched alkanes of at least 4 members (excludes halogenated alkanes) is 9. The molecule has 0 bridgehead atoms. The average Bonchev–Trinajstić information content (AvgIpc) is 3.29. The minimum atomic E-state index is 0.776. The van der Waals surface area contributed by atoms with Crippen molar-refractivity contribution >= 4 is 66.8 Å². The highest BCUT2D eigenvalue weighted by molar-refractivity contribution is 6.32. The molecule has 5 rings (SSSR count). The third-order valence-corrected chi connectivity index (χ3v) is 8.12. The first-order chi connectivity index (χ1) is 17.1. The lowest BCUT2D eigenvalue weighted by atomic mass is 10.1. The highest BCUT2D eigenvalue weighted by atomic mass is 35.5. The first kappa shape index (κ1) is 24.5. The molecule has 0 aliphatic heterocycles. The molecular formula is C31H36Cl2N2. The van der Waals surface area contributed by atoms with Gasteiger partial charge in [0.15, 0.2) is 0 Å². The molecule has 0 fully saturated rings. The fourth-order valence-corrected chi connectivity index (χ4v) is 6.07. The van der Waals surface area contributed by atoms with Gasteiger partial charge in [0.1, 0.15) is 0 Å². The standard InChI is InChI=1S/C31H36Cl2N2/c1-3-4-5-6-7-8-9-10-11-12-17-35-30-19-23(33)14-16-25(30)27-20-29-26(21-31(27)35)24-15-13-22(32)18-28(24)34(29)2/h13-16,18-21H,3-12,17H2,1-2H3. The molecule has 2 nitrogen and oxygen atoms in total. The van der Waals surface area contributed by atoms with Crippen LogP contribution in [0.1, 0.15) is 71.1 Å². The van der Waals surface area contributed by atoms with Gasteiger partial charge in [0.05, 0.1) is 11.0 Å². The Morgan fingerprint density at radius 3 is 1.66 bits per heavy atom. The molecule has 0 saturated carbocycles. The zero-order valence-electron chi connectivity index (χ0n) is 21.0. The molecule has 2 aromatic heterocycles. The molecule has 2 heterocycles. The molecule has 0 spiro atoms. The third-order valence-electron chi connectivity index (χ3n) is 7.65. The van der Waals surface area contributed by atoms with E-state index in [-0.39, 0.29) is 0 Å². The maximum atomic E-state index is 6.45. The van der Waals surface area contributed by atoms with Crippen molar-refractivity contribution in [3.8, 4) is 0 Å². The van der Waals surface area contributed by atoms with Crippen LogP contribution in [0.25, 0.3) is 43.6 Å². The number of nitrogens with zero attached hydrogens (tertiary/aromatic N) is 2. The molecule has 3 aromatic carbocycles. The minimum absolute atomic E-state index is 0.776. The van der Waals surface area contributed by atoms with E-state index in [4.69, 9.17) is 23.2 Å². The van der Waals surface area contributed by atoms with Crippen LogP contribution in [0.3, 0.4) is 0 Å². The van der Waals surface area contributed by atoms with Gasteiger partial charge in [-0.15, -0.1) is 0 Å². The maximum Gasteiger partial charge on any atom is 0.0506 e. The smallest absolute Gasteiger partial charge is 0.0506 e. The number of rotatable bonds is 11. The highest BCUT2D eigenvalue weighted by Gasteiger charge is 2.16. The van der Waals surface area contributed by atoms with Crippen LogP contribution >= 0.6 is 23.2 Å². The van der Waals surface area contributed by atoms with Crippen molar-refractivity contribution in [1.82, 2.24) is 9.13 Å². The molecule has 5 aromatic rings.